The lowest BCUT2D eigenvalue weighted by molar-refractivity contribution is 0.0950. The van der Waals surface area contributed by atoms with Crippen molar-refractivity contribution in [3.8, 4) is 0 Å². The molecule has 3 heteroatoms. The fourth-order valence-corrected chi connectivity index (χ4v) is 2.13. The minimum Gasteiger partial charge on any atom is -0.352 e. The van der Waals surface area contributed by atoms with Crippen LogP contribution in [0.25, 0.3) is 0 Å². The summed E-state index contributed by atoms with van der Waals surface area (Å²) < 4.78 is 0. The molecule has 1 aromatic rings. The highest BCUT2D eigenvalue weighted by atomic mass is 32.1. The first-order valence-corrected chi connectivity index (χ1v) is 7.26. The summed E-state index contributed by atoms with van der Waals surface area (Å²) in [5.41, 5.74) is 0.659. The Kier molecular flexibility index (Phi) is 7.58. The highest BCUT2D eigenvalue weighted by Gasteiger charge is 2.07. The lowest BCUT2D eigenvalue weighted by Crippen LogP contribution is -2.24. The SMILES string of the molecule is CCCCCCCCNC(=O)c1ccccc1S. The van der Waals surface area contributed by atoms with Crippen LogP contribution in [0.1, 0.15) is 55.8 Å². The van der Waals surface area contributed by atoms with Crippen molar-refractivity contribution in [3.05, 3.63) is 29.8 Å². The zero-order valence-corrected chi connectivity index (χ0v) is 12.0. The molecule has 0 radical (unpaired) electrons. The van der Waals surface area contributed by atoms with Gasteiger partial charge in [0.15, 0.2) is 0 Å². The van der Waals surface area contributed by atoms with Crippen LogP contribution in [0.4, 0.5) is 0 Å². The average Bonchev–Trinajstić information content (AvgIpc) is 2.38. The van der Waals surface area contributed by atoms with Crippen molar-refractivity contribution in [2.45, 2.75) is 50.3 Å². The molecule has 100 valence electrons. The summed E-state index contributed by atoms with van der Waals surface area (Å²) in [6.45, 7) is 2.97. The molecule has 0 atom stereocenters. The molecule has 0 aliphatic rings. The largest absolute Gasteiger partial charge is 0.352 e. The Hall–Kier alpha value is -0.960. The molecule has 0 bridgehead atoms. The van der Waals surface area contributed by atoms with Gasteiger partial charge >= 0.3 is 0 Å². The number of carbonyl (C=O) groups excluding carboxylic acids is 1. The Labute approximate surface area is 116 Å². The molecular formula is C15H23NOS. The molecular weight excluding hydrogens is 242 g/mol. The van der Waals surface area contributed by atoms with Crippen LogP contribution in [0.15, 0.2) is 29.2 Å². The molecule has 1 rings (SSSR count). The predicted molar refractivity (Wildman–Crippen MR) is 79.4 cm³/mol. The van der Waals surface area contributed by atoms with E-state index in [0.717, 1.165) is 17.9 Å². The smallest absolute Gasteiger partial charge is 0.252 e. The number of hydrogen-bond acceptors (Lipinski definition) is 2. The molecule has 0 aromatic heterocycles. The molecule has 0 saturated heterocycles. The average molecular weight is 265 g/mol. The standard InChI is InChI=1S/C15H23NOS/c1-2-3-4-5-6-9-12-16-15(17)13-10-7-8-11-14(13)18/h7-8,10-11,18H,2-6,9,12H2,1H3,(H,16,17). The number of carbonyl (C=O) groups is 1. The molecule has 2 nitrogen and oxygen atoms in total. The van der Waals surface area contributed by atoms with Crippen LogP contribution in [0.3, 0.4) is 0 Å². The van der Waals surface area contributed by atoms with E-state index in [1.54, 1.807) is 6.07 Å². The summed E-state index contributed by atoms with van der Waals surface area (Å²) in [5.74, 6) is -0.0193. The molecule has 1 amide bonds. The van der Waals surface area contributed by atoms with E-state index in [4.69, 9.17) is 0 Å². The second kappa shape index (κ2) is 9.03. The van der Waals surface area contributed by atoms with E-state index in [2.05, 4.69) is 24.9 Å². The van der Waals surface area contributed by atoms with Gasteiger partial charge in [0.05, 0.1) is 5.56 Å². The normalized spacial score (nSPS) is 10.3. The van der Waals surface area contributed by atoms with Crippen LogP contribution in [-0.2, 0) is 0 Å². The van der Waals surface area contributed by atoms with Gasteiger partial charge < -0.3 is 5.32 Å². The number of hydrogen-bond donors (Lipinski definition) is 2. The Bertz CT molecular complexity index is 365. The fraction of sp³-hybridized carbons (Fsp3) is 0.533. The molecule has 0 aliphatic heterocycles. The highest BCUT2D eigenvalue weighted by Crippen LogP contribution is 2.12. The van der Waals surface area contributed by atoms with Crippen molar-refractivity contribution in [1.82, 2.24) is 5.32 Å². The topological polar surface area (TPSA) is 29.1 Å². The first-order valence-electron chi connectivity index (χ1n) is 6.82. The molecule has 1 aromatic carbocycles. The second-order valence-corrected chi connectivity index (χ2v) is 5.02. The van der Waals surface area contributed by atoms with Gasteiger partial charge in [-0.05, 0) is 18.6 Å². The van der Waals surface area contributed by atoms with Crippen LogP contribution in [0.5, 0.6) is 0 Å². The molecule has 1 N–H and O–H groups in total. The third-order valence-corrected chi connectivity index (χ3v) is 3.35. The fourth-order valence-electron chi connectivity index (χ4n) is 1.87. The Balaban J connectivity index is 2.16. The van der Waals surface area contributed by atoms with Crippen molar-refractivity contribution in [3.63, 3.8) is 0 Å². The molecule has 0 saturated carbocycles. The first kappa shape index (κ1) is 15.1. The summed E-state index contributed by atoms with van der Waals surface area (Å²) in [5, 5.41) is 2.94. The summed E-state index contributed by atoms with van der Waals surface area (Å²) in [6.07, 6.45) is 7.43. The maximum atomic E-state index is 11.8. The lowest BCUT2D eigenvalue weighted by atomic mass is 10.1. The lowest BCUT2D eigenvalue weighted by Gasteiger charge is -2.06. The predicted octanol–water partition coefficient (Wildman–Crippen LogP) is 4.07. The Morgan fingerprint density at radius 1 is 1.11 bits per heavy atom. The maximum absolute atomic E-state index is 11.8. The van der Waals surface area contributed by atoms with E-state index in [1.807, 2.05) is 18.2 Å². The van der Waals surface area contributed by atoms with E-state index in [1.165, 1.54) is 32.1 Å². The van der Waals surface area contributed by atoms with E-state index < -0.39 is 0 Å². The highest BCUT2D eigenvalue weighted by molar-refractivity contribution is 7.80. The summed E-state index contributed by atoms with van der Waals surface area (Å²) in [4.78, 5) is 12.6. The number of unbranched alkanes of at least 4 members (excludes halogenated alkanes) is 5. The third-order valence-electron chi connectivity index (χ3n) is 2.96. The molecule has 0 spiro atoms. The Morgan fingerprint density at radius 2 is 1.78 bits per heavy atom. The van der Waals surface area contributed by atoms with Gasteiger partial charge in [-0.25, -0.2) is 0 Å². The van der Waals surface area contributed by atoms with Gasteiger partial charge in [0, 0.05) is 11.4 Å². The molecule has 0 fully saturated rings. The zero-order valence-electron chi connectivity index (χ0n) is 11.1. The molecule has 0 unspecified atom stereocenters. The van der Waals surface area contributed by atoms with Gasteiger partial charge in [0.2, 0.25) is 0 Å². The van der Waals surface area contributed by atoms with Crippen molar-refractivity contribution < 1.29 is 4.79 Å². The van der Waals surface area contributed by atoms with Gasteiger partial charge in [-0.2, -0.15) is 0 Å². The van der Waals surface area contributed by atoms with Gasteiger partial charge in [0.25, 0.3) is 5.91 Å². The second-order valence-electron chi connectivity index (χ2n) is 4.54. The van der Waals surface area contributed by atoms with Crippen LogP contribution >= 0.6 is 12.6 Å². The van der Waals surface area contributed by atoms with Crippen molar-refractivity contribution in [1.29, 1.82) is 0 Å². The molecule has 0 aliphatic carbocycles. The van der Waals surface area contributed by atoms with Crippen LogP contribution in [0.2, 0.25) is 0 Å². The van der Waals surface area contributed by atoms with Gasteiger partial charge in [-0.1, -0.05) is 51.2 Å². The number of nitrogens with one attached hydrogen (secondary N) is 1. The molecule has 0 heterocycles. The Morgan fingerprint density at radius 3 is 2.50 bits per heavy atom. The van der Waals surface area contributed by atoms with E-state index in [-0.39, 0.29) is 5.91 Å². The van der Waals surface area contributed by atoms with Gasteiger partial charge in [-0.3, -0.25) is 4.79 Å². The number of thiol groups is 1. The quantitative estimate of drug-likeness (QED) is 0.538. The van der Waals surface area contributed by atoms with Crippen molar-refractivity contribution in [2.75, 3.05) is 6.54 Å². The summed E-state index contributed by atoms with van der Waals surface area (Å²) >= 11 is 4.28. The molecule has 18 heavy (non-hydrogen) atoms. The monoisotopic (exact) mass is 265 g/mol. The van der Waals surface area contributed by atoms with Crippen LogP contribution < -0.4 is 5.32 Å². The van der Waals surface area contributed by atoms with E-state index in [0.29, 0.717) is 5.56 Å². The first-order chi connectivity index (χ1) is 8.75. The number of rotatable bonds is 8. The van der Waals surface area contributed by atoms with Gasteiger partial charge in [-0.15, -0.1) is 12.6 Å². The van der Waals surface area contributed by atoms with Crippen LogP contribution in [0, 0.1) is 0 Å². The number of benzene rings is 1. The van der Waals surface area contributed by atoms with Crippen LogP contribution in [-0.4, -0.2) is 12.5 Å². The minimum absolute atomic E-state index is 0.0193. The van der Waals surface area contributed by atoms with E-state index >= 15 is 0 Å². The maximum Gasteiger partial charge on any atom is 0.252 e. The van der Waals surface area contributed by atoms with Gasteiger partial charge in [0.1, 0.15) is 0 Å². The zero-order chi connectivity index (χ0) is 13.2. The van der Waals surface area contributed by atoms with Crippen molar-refractivity contribution in [2.24, 2.45) is 0 Å². The summed E-state index contributed by atoms with van der Waals surface area (Å²) in [6, 6.07) is 7.38. The van der Waals surface area contributed by atoms with E-state index in [9.17, 15) is 4.79 Å². The summed E-state index contributed by atoms with van der Waals surface area (Å²) in [7, 11) is 0. The third kappa shape index (κ3) is 5.58. The van der Waals surface area contributed by atoms with Crippen molar-refractivity contribution >= 4 is 18.5 Å². The minimum atomic E-state index is -0.0193. The number of amides is 1.